The zero-order chi connectivity index (χ0) is 11.4. The van der Waals surface area contributed by atoms with Crippen LogP contribution < -0.4 is 4.57 Å². The summed E-state index contributed by atoms with van der Waals surface area (Å²) in [6.45, 7) is 0. The molecule has 0 fully saturated rings. The molecule has 80 valence electrons. The van der Waals surface area contributed by atoms with Gasteiger partial charge in [0.1, 0.15) is 7.05 Å². The van der Waals surface area contributed by atoms with Crippen molar-refractivity contribution >= 4 is 5.78 Å². The van der Waals surface area contributed by atoms with Gasteiger partial charge in [0.05, 0.1) is 6.42 Å². The van der Waals surface area contributed by atoms with Gasteiger partial charge in [-0.15, -0.1) is 0 Å². The van der Waals surface area contributed by atoms with Gasteiger partial charge in [-0.2, -0.15) is 0 Å². The molecule has 1 heterocycles. The van der Waals surface area contributed by atoms with Gasteiger partial charge in [0, 0.05) is 17.7 Å². The fraction of sp³-hybridized carbons (Fsp3) is 0.143. The fourth-order valence-corrected chi connectivity index (χ4v) is 1.63. The Kier molecular flexibility index (Phi) is 3.10. The van der Waals surface area contributed by atoms with E-state index in [-0.39, 0.29) is 5.78 Å². The highest BCUT2D eigenvalue weighted by Crippen LogP contribution is 2.04. The molecule has 2 heteroatoms. The molecule has 0 N–H and O–H groups in total. The summed E-state index contributed by atoms with van der Waals surface area (Å²) in [4.78, 5) is 12.0. The Bertz CT molecular complexity index is 491. The smallest absolute Gasteiger partial charge is 0.188 e. The van der Waals surface area contributed by atoms with Crippen molar-refractivity contribution in [1.82, 2.24) is 0 Å². The lowest BCUT2D eigenvalue weighted by Crippen LogP contribution is -2.33. The second-order valence-electron chi connectivity index (χ2n) is 3.77. The highest BCUT2D eigenvalue weighted by Gasteiger charge is 2.12. The van der Waals surface area contributed by atoms with E-state index in [4.69, 9.17) is 0 Å². The van der Waals surface area contributed by atoms with Crippen LogP contribution in [0.1, 0.15) is 16.1 Å². The van der Waals surface area contributed by atoms with Gasteiger partial charge in [-0.1, -0.05) is 36.4 Å². The molecule has 2 rings (SSSR count). The Morgan fingerprint density at radius 1 is 1.06 bits per heavy atom. The summed E-state index contributed by atoms with van der Waals surface area (Å²) in [6, 6.07) is 15.3. The normalized spacial score (nSPS) is 10.1. The minimum absolute atomic E-state index is 0.155. The van der Waals surface area contributed by atoms with Gasteiger partial charge < -0.3 is 0 Å². The van der Waals surface area contributed by atoms with E-state index in [0.717, 1.165) is 11.3 Å². The Morgan fingerprint density at radius 2 is 1.75 bits per heavy atom. The molecule has 1 aromatic carbocycles. The van der Waals surface area contributed by atoms with E-state index < -0.39 is 0 Å². The third kappa shape index (κ3) is 2.34. The van der Waals surface area contributed by atoms with Crippen LogP contribution in [0.3, 0.4) is 0 Å². The van der Waals surface area contributed by atoms with E-state index in [1.165, 1.54) is 0 Å². The Balaban J connectivity index is 2.18. The lowest BCUT2D eigenvalue weighted by atomic mass is 10.1. The molecule has 0 radical (unpaired) electrons. The first-order chi connectivity index (χ1) is 7.77. The topological polar surface area (TPSA) is 20.9 Å². The summed E-state index contributed by atoms with van der Waals surface area (Å²) >= 11 is 0. The third-order valence-electron chi connectivity index (χ3n) is 2.60. The summed E-state index contributed by atoms with van der Waals surface area (Å²) in [5.41, 5.74) is 1.79. The molecular weight excluding hydrogens is 198 g/mol. The van der Waals surface area contributed by atoms with Crippen molar-refractivity contribution in [1.29, 1.82) is 0 Å². The number of pyridine rings is 1. The zero-order valence-corrected chi connectivity index (χ0v) is 9.26. The number of rotatable bonds is 3. The first kappa shape index (κ1) is 10.6. The fourth-order valence-electron chi connectivity index (χ4n) is 1.63. The molecule has 0 atom stereocenters. The molecule has 0 amide bonds. The molecule has 0 spiro atoms. The number of benzene rings is 1. The predicted octanol–water partition coefficient (Wildman–Crippen LogP) is 1.94. The van der Waals surface area contributed by atoms with E-state index in [2.05, 4.69) is 0 Å². The monoisotopic (exact) mass is 212 g/mol. The highest BCUT2D eigenvalue weighted by molar-refractivity contribution is 5.97. The quantitative estimate of drug-likeness (QED) is 0.562. The molecule has 1 aromatic heterocycles. The lowest BCUT2D eigenvalue weighted by molar-refractivity contribution is -0.678. The van der Waals surface area contributed by atoms with Crippen LogP contribution in [0.5, 0.6) is 0 Å². The number of Topliss-reactive ketones (excluding diaryl/α,β-unsaturated/α-hetero) is 1. The number of aromatic nitrogens is 1. The summed E-state index contributed by atoms with van der Waals surface area (Å²) in [7, 11) is 1.95. The van der Waals surface area contributed by atoms with Crippen molar-refractivity contribution in [3.8, 4) is 0 Å². The van der Waals surface area contributed by atoms with Crippen LogP contribution in [0.25, 0.3) is 0 Å². The number of hydrogen-bond donors (Lipinski definition) is 0. The summed E-state index contributed by atoms with van der Waals surface area (Å²) in [5, 5.41) is 0. The van der Waals surface area contributed by atoms with Gasteiger partial charge in [-0.3, -0.25) is 4.79 Å². The minimum atomic E-state index is 0.155. The first-order valence-electron chi connectivity index (χ1n) is 5.29. The molecule has 16 heavy (non-hydrogen) atoms. The standard InChI is InChI=1S/C14H14NO/c1-15-10-6-5-9-13(15)11-14(16)12-7-3-2-4-8-12/h2-10H,11H2,1H3/q+1. The van der Waals surface area contributed by atoms with Crippen molar-refractivity contribution < 1.29 is 9.36 Å². The van der Waals surface area contributed by atoms with Gasteiger partial charge in [-0.25, -0.2) is 4.57 Å². The van der Waals surface area contributed by atoms with Crippen molar-refractivity contribution in [2.75, 3.05) is 0 Å². The van der Waals surface area contributed by atoms with E-state index >= 15 is 0 Å². The van der Waals surface area contributed by atoms with Crippen molar-refractivity contribution in [2.45, 2.75) is 6.42 Å². The zero-order valence-electron chi connectivity index (χ0n) is 9.26. The van der Waals surface area contributed by atoms with Crippen molar-refractivity contribution in [2.24, 2.45) is 7.05 Å². The van der Waals surface area contributed by atoms with Gasteiger partial charge in [0.25, 0.3) is 0 Å². The number of hydrogen-bond acceptors (Lipinski definition) is 1. The number of nitrogens with zero attached hydrogens (tertiary/aromatic N) is 1. The van der Waals surface area contributed by atoms with Crippen molar-refractivity contribution in [3.63, 3.8) is 0 Å². The maximum atomic E-state index is 12.0. The average Bonchev–Trinajstić information content (AvgIpc) is 2.33. The van der Waals surface area contributed by atoms with E-state index in [0.29, 0.717) is 6.42 Å². The molecule has 2 nitrogen and oxygen atoms in total. The van der Waals surface area contributed by atoms with E-state index in [1.54, 1.807) is 0 Å². The van der Waals surface area contributed by atoms with Crippen LogP contribution >= 0.6 is 0 Å². The number of ketones is 1. The predicted molar refractivity (Wildman–Crippen MR) is 62.1 cm³/mol. The minimum Gasteiger partial charge on any atom is -0.294 e. The van der Waals surface area contributed by atoms with Gasteiger partial charge in [-0.05, 0) is 0 Å². The lowest BCUT2D eigenvalue weighted by Gasteiger charge is -1.99. The van der Waals surface area contributed by atoms with Crippen LogP contribution in [0.4, 0.5) is 0 Å². The van der Waals surface area contributed by atoms with Gasteiger partial charge >= 0.3 is 0 Å². The van der Waals surface area contributed by atoms with Crippen LogP contribution in [0.2, 0.25) is 0 Å². The largest absolute Gasteiger partial charge is 0.294 e. The molecular formula is C14H14NO+. The Labute approximate surface area is 95.2 Å². The molecule has 0 aliphatic heterocycles. The van der Waals surface area contributed by atoms with Gasteiger partial charge in [0.2, 0.25) is 0 Å². The maximum Gasteiger partial charge on any atom is 0.188 e. The van der Waals surface area contributed by atoms with Crippen LogP contribution in [0, 0.1) is 0 Å². The molecule has 0 bridgehead atoms. The van der Waals surface area contributed by atoms with E-state index in [1.807, 2.05) is 66.3 Å². The van der Waals surface area contributed by atoms with Crippen LogP contribution in [-0.4, -0.2) is 5.78 Å². The van der Waals surface area contributed by atoms with Crippen molar-refractivity contribution in [3.05, 3.63) is 66.0 Å². The summed E-state index contributed by atoms with van der Waals surface area (Å²) in [5.74, 6) is 0.155. The summed E-state index contributed by atoms with van der Waals surface area (Å²) in [6.07, 6.45) is 2.40. The number of carbonyl (C=O) groups excluding carboxylic acids is 1. The second kappa shape index (κ2) is 4.71. The average molecular weight is 212 g/mol. The third-order valence-corrected chi connectivity index (χ3v) is 2.60. The molecule has 0 aliphatic rings. The Morgan fingerprint density at radius 3 is 2.44 bits per heavy atom. The Hall–Kier alpha value is -1.96. The summed E-state index contributed by atoms with van der Waals surface area (Å²) < 4.78 is 1.97. The van der Waals surface area contributed by atoms with Crippen LogP contribution in [0.15, 0.2) is 54.7 Å². The van der Waals surface area contributed by atoms with Gasteiger partial charge in [0.15, 0.2) is 17.7 Å². The number of carbonyl (C=O) groups is 1. The molecule has 0 unspecified atom stereocenters. The SMILES string of the molecule is C[n+]1ccccc1CC(=O)c1ccccc1. The van der Waals surface area contributed by atoms with Crippen LogP contribution in [-0.2, 0) is 13.5 Å². The molecule has 2 aromatic rings. The second-order valence-corrected chi connectivity index (χ2v) is 3.77. The highest BCUT2D eigenvalue weighted by atomic mass is 16.1. The maximum absolute atomic E-state index is 12.0. The van der Waals surface area contributed by atoms with E-state index in [9.17, 15) is 4.79 Å². The molecule has 0 saturated carbocycles. The first-order valence-corrected chi connectivity index (χ1v) is 5.29. The molecule has 0 saturated heterocycles. The molecule has 0 aliphatic carbocycles. The number of aryl methyl sites for hydroxylation is 1.